The summed E-state index contributed by atoms with van der Waals surface area (Å²) in [6, 6.07) is 3.20. The average Bonchev–Trinajstić information content (AvgIpc) is 3.04. The van der Waals surface area contributed by atoms with Crippen molar-refractivity contribution in [2.45, 2.75) is 32.7 Å². The summed E-state index contributed by atoms with van der Waals surface area (Å²) >= 11 is 0. The number of nitro groups is 1. The molecule has 4 heteroatoms. The Morgan fingerprint density at radius 3 is 2.56 bits per heavy atom. The van der Waals surface area contributed by atoms with E-state index in [1.165, 1.54) is 0 Å². The monoisotopic (exact) mass is 220 g/mol. The molecule has 0 bridgehead atoms. The van der Waals surface area contributed by atoms with Crippen molar-refractivity contribution < 1.29 is 4.92 Å². The number of rotatable bonds is 3. The quantitative estimate of drug-likeness (QED) is 0.628. The van der Waals surface area contributed by atoms with Crippen LogP contribution in [0.1, 0.15) is 35.6 Å². The second kappa shape index (κ2) is 3.87. The highest BCUT2D eigenvalue weighted by Gasteiger charge is 2.31. The van der Waals surface area contributed by atoms with Gasteiger partial charge >= 0.3 is 0 Å². The molecule has 1 unspecified atom stereocenters. The maximum absolute atomic E-state index is 10.8. The smallest absolute Gasteiger partial charge is 0.270 e. The first kappa shape index (κ1) is 11.1. The highest BCUT2D eigenvalue weighted by atomic mass is 16.6. The average molecular weight is 220 g/mol. The zero-order valence-electron chi connectivity index (χ0n) is 9.56. The van der Waals surface area contributed by atoms with E-state index in [2.05, 4.69) is 0 Å². The van der Waals surface area contributed by atoms with Crippen LogP contribution in [-0.2, 0) is 0 Å². The van der Waals surface area contributed by atoms with Crippen LogP contribution in [0.3, 0.4) is 0 Å². The molecule has 1 aromatic carbocycles. The maximum Gasteiger partial charge on any atom is 0.270 e. The number of hydrogen-bond donors (Lipinski definition) is 1. The fourth-order valence-corrected chi connectivity index (χ4v) is 2.03. The molecule has 1 fully saturated rings. The van der Waals surface area contributed by atoms with E-state index < -0.39 is 0 Å². The SMILES string of the molecule is Cc1cc([N+](=O)[O-])cc(C(N)C2CC2)c1C. The lowest BCUT2D eigenvalue weighted by Gasteiger charge is -2.15. The van der Waals surface area contributed by atoms with Crippen molar-refractivity contribution in [3.63, 3.8) is 0 Å². The number of nitro benzene ring substituents is 1. The summed E-state index contributed by atoms with van der Waals surface area (Å²) in [4.78, 5) is 10.4. The van der Waals surface area contributed by atoms with E-state index in [1.54, 1.807) is 12.1 Å². The Morgan fingerprint density at radius 1 is 1.44 bits per heavy atom. The molecule has 0 aromatic heterocycles. The molecule has 2 rings (SSSR count). The molecular formula is C12H16N2O2. The number of hydrogen-bond acceptors (Lipinski definition) is 3. The summed E-state index contributed by atoms with van der Waals surface area (Å²) in [7, 11) is 0. The highest BCUT2D eigenvalue weighted by Crippen LogP contribution is 2.41. The van der Waals surface area contributed by atoms with E-state index >= 15 is 0 Å². The fourth-order valence-electron chi connectivity index (χ4n) is 2.03. The van der Waals surface area contributed by atoms with Crippen molar-refractivity contribution in [2.75, 3.05) is 0 Å². The molecule has 0 spiro atoms. The molecule has 86 valence electrons. The molecule has 1 aromatic rings. The lowest BCUT2D eigenvalue weighted by atomic mass is 9.94. The Morgan fingerprint density at radius 2 is 2.06 bits per heavy atom. The van der Waals surface area contributed by atoms with Gasteiger partial charge in [0.15, 0.2) is 0 Å². The first-order valence-corrected chi connectivity index (χ1v) is 5.52. The molecule has 0 heterocycles. The molecular weight excluding hydrogens is 204 g/mol. The zero-order chi connectivity index (χ0) is 11.9. The van der Waals surface area contributed by atoms with E-state index in [0.717, 1.165) is 29.5 Å². The van der Waals surface area contributed by atoms with Crippen LogP contribution in [-0.4, -0.2) is 4.92 Å². The molecule has 16 heavy (non-hydrogen) atoms. The van der Waals surface area contributed by atoms with Gasteiger partial charge in [-0.2, -0.15) is 0 Å². The summed E-state index contributed by atoms with van der Waals surface area (Å²) in [5.41, 5.74) is 9.24. The Labute approximate surface area is 94.6 Å². The molecule has 0 saturated heterocycles. The van der Waals surface area contributed by atoms with Gasteiger partial charge in [0.1, 0.15) is 0 Å². The predicted molar refractivity (Wildman–Crippen MR) is 62.2 cm³/mol. The minimum absolute atomic E-state index is 0.0430. The Hall–Kier alpha value is -1.42. The Bertz CT molecular complexity index is 439. The van der Waals surface area contributed by atoms with Gasteiger partial charge in [-0.1, -0.05) is 0 Å². The minimum Gasteiger partial charge on any atom is -0.324 e. The predicted octanol–water partition coefficient (Wildman–Crippen LogP) is 2.62. The van der Waals surface area contributed by atoms with Gasteiger partial charge in [0.2, 0.25) is 0 Å². The van der Waals surface area contributed by atoms with Crippen molar-refractivity contribution in [3.8, 4) is 0 Å². The molecule has 1 aliphatic carbocycles. The summed E-state index contributed by atoms with van der Waals surface area (Å²) in [6.45, 7) is 3.88. The van der Waals surface area contributed by atoms with E-state index in [-0.39, 0.29) is 16.7 Å². The largest absolute Gasteiger partial charge is 0.324 e. The third-order valence-corrected chi connectivity index (χ3v) is 3.39. The van der Waals surface area contributed by atoms with Crippen LogP contribution in [0, 0.1) is 29.9 Å². The van der Waals surface area contributed by atoms with Crippen LogP contribution >= 0.6 is 0 Å². The molecule has 4 nitrogen and oxygen atoms in total. The third kappa shape index (κ3) is 1.93. The fraction of sp³-hybridized carbons (Fsp3) is 0.500. The van der Waals surface area contributed by atoms with E-state index in [0.29, 0.717) is 5.92 Å². The topological polar surface area (TPSA) is 69.2 Å². The first-order valence-electron chi connectivity index (χ1n) is 5.52. The van der Waals surface area contributed by atoms with Crippen molar-refractivity contribution in [3.05, 3.63) is 38.9 Å². The van der Waals surface area contributed by atoms with Crippen molar-refractivity contribution in [2.24, 2.45) is 11.7 Å². The molecule has 1 atom stereocenters. The molecule has 1 saturated carbocycles. The maximum atomic E-state index is 10.8. The van der Waals surface area contributed by atoms with E-state index in [9.17, 15) is 10.1 Å². The minimum atomic E-state index is -0.352. The number of nitrogens with two attached hydrogens (primary N) is 1. The van der Waals surface area contributed by atoms with E-state index in [1.807, 2.05) is 13.8 Å². The summed E-state index contributed by atoms with van der Waals surface area (Å²) < 4.78 is 0. The van der Waals surface area contributed by atoms with Crippen LogP contribution in [0.5, 0.6) is 0 Å². The summed E-state index contributed by atoms with van der Waals surface area (Å²) in [6.07, 6.45) is 2.28. The summed E-state index contributed by atoms with van der Waals surface area (Å²) in [5, 5.41) is 10.8. The zero-order valence-corrected chi connectivity index (χ0v) is 9.56. The molecule has 2 N–H and O–H groups in total. The second-order valence-corrected chi connectivity index (χ2v) is 4.60. The Balaban J connectivity index is 2.45. The lowest BCUT2D eigenvalue weighted by Crippen LogP contribution is -2.14. The van der Waals surface area contributed by atoms with Crippen LogP contribution in [0.15, 0.2) is 12.1 Å². The van der Waals surface area contributed by atoms with Gasteiger partial charge in [0.05, 0.1) is 4.92 Å². The van der Waals surface area contributed by atoms with Gasteiger partial charge in [0.25, 0.3) is 5.69 Å². The van der Waals surface area contributed by atoms with Gasteiger partial charge in [-0.3, -0.25) is 10.1 Å². The van der Waals surface area contributed by atoms with Crippen molar-refractivity contribution >= 4 is 5.69 Å². The van der Waals surface area contributed by atoms with Gasteiger partial charge in [-0.15, -0.1) is 0 Å². The number of nitrogens with zero attached hydrogens (tertiary/aromatic N) is 1. The normalized spacial score (nSPS) is 17.2. The number of benzene rings is 1. The number of non-ortho nitro benzene ring substituents is 1. The molecule has 0 amide bonds. The van der Waals surface area contributed by atoms with Crippen LogP contribution in [0.25, 0.3) is 0 Å². The van der Waals surface area contributed by atoms with Gasteiger partial charge in [0, 0.05) is 18.2 Å². The number of aryl methyl sites for hydroxylation is 1. The van der Waals surface area contributed by atoms with Crippen molar-refractivity contribution in [1.29, 1.82) is 0 Å². The third-order valence-electron chi connectivity index (χ3n) is 3.39. The first-order chi connectivity index (χ1) is 7.50. The van der Waals surface area contributed by atoms with Crippen molar-refractivity contribution in [1.82, 2.24) is 0 Å². The molecule has 0 radical (unpaired) electrons. The van der Waals surface area contributed by atoms with Gasteiger partial charge in [-0.05, 0) is 49.3 Å². The standard InChI is InChI=1S/C12H16N2O2/c1-7-5-10(14(15)16)6-11(8(7)2)12(13)9-3-4-9/h5-6,9,12H,3-4,13H2,1-2H3. The second-order valence-electron chi connectivity index (χ2n) is 4.60. The van der Waals surface area contributed by atoms with E-state index in [4.69, 9.17) is 5.73 Å². The van der Waals surface area contributed by atoms with Crippen LogP contribution < -0.4 is 5.73 Å². The molecule has 1 aliphatic rings. The van der Waals surface area contributed by atoms with Crippen LogP contribution in [0.4, 0.5) is 5.69 Å². The molecule has 0 aliphatic heterocycles. The van der Waals surface area contributed by atoms with Gasteiger partial charge < -0.3 is 5.73 Å². The Kier molecular flexibility index (Phi) is 2.68. The highest BCUT2D eigenvalue weighted by molar-refractivity contribution is 5.46. The summed E-state index contributed by atoms with van der Waals surface area (Å²) in [5.74, 6) is 0.514. The van der Waals surface area contributed by atoms with Crippen LogP contribution in [0.2, 0.25) is 0 Å². The lowest BCUT2D eigenvalue weighted by molar-refractivity contribution is -0.385. The van der Waals surface area contributed by atoms with Gasteiger partial charge in [-0.25, -0.2) is 0 Å².